The fourth-order valence-corrected chi connectivity index (χ4v) is 1.98. The number of unbranched alkanes of at least 4 members (excludes halogenated alkanes) is 1. The van der Waals surface area contributed by atoms with Crippen molar-refractivity contribution in [2.75, 3.05) is 26.8 Å². The van der Waals surface area contributed by atoms with Gasteiger partial charge in [0, 0.05) is 20.3 Å². The average molecular weight is 215 g/mol. The Kier molecular flexibility index (Phi) is 5.58. The second-order valence-electron chi connectivity index (χ2n) is 4.94. The molecule has 1 N–H and O–H groups in total. The van der Waals surface area contributed by atoms with Crippen LogP contribution in [0.3, 0.4) is 0 Å². The number of hydrogen-bond donors (Lipinski definition) is 1. The smallest absolute Gasteiger partial charge is 0.0707 e. The van der Waals surface area contributed by atoms with E-state index in [1.807, 2.05) is 0 Å². The van der Waals surface area contributed by atoms with Crippen LogP contribution in [0, 0.1) is 0 Å². The van der Waals surface area contributed by atoms with Crippen LogP contribution in [0.2, 0.25) is 0 Å². The number of hydrogen-bond acceptors (Lipinski definition) is 3. The van der Waals surface area contributed by atoms with Gasteiger partial charge in [-0.05, 0) is 46.1 Å². The summed E-state index contributed by atoms with van der Waals surface area (Å²) in [7, 11) is 1.75. The quantitative estimate of drug-likeness (QED) is 0.659. The predicted octanol–water partition coefficient (Wildman–Crippen LogP) is 1.96. The zero-order valence-corrected chi connectivity index (χ0v) is 10.3. The minimum atomic E-state index is 0.0996. The Morgan fingerprint density at radius 3 is 2.80 bits per heavy atom. The molecule has 15 heavy (non-hydrogen) atoms. The summed E-state index contributed by atoms with van der Waals surface area (Å²) in [6, 6.07) is 0. The number of ether oxygens (including phenoxy) is 2. The molecule has 1 saturated heterocycles. The van der Waals surface area contributed by atoms with Crippen LogP contribution < -0.4 is 5.32 Å². The Labute approximate surface area is 93.5 Å². The average Bonchev–Trinajstić information content (AvgIpc) is 2.52. The van der Waals surface area contributed by atoms with Crippen LogP contribution in [-0.4, -0.2) is 38.5 Å². The molecule has 0 radical (unpaired) electrons. The van der Waals surface area contributed by atoms with E-state index in [9.17, 15) is 0 Å². The van der Waals surface area contributed by atoms with Crippen LogP contribution in [0.4, 0.5) is 0 Å². The third-order valence-corrected chi connectivity index (χ3v) is 2.88. The molecule has 1 unspecified atom stereocenters. The molecular formula is C12H25NO2. The van der Waals surface area contributed by atoms with Crippen LogP contribution in [0.1, 0.15) is 39.5 Å². The van der Waals surface area contributed by atoms with Gasteiger partial charge in [0.05, 0.1) is 11.7 Å². The molecule has 0 spiro atoms. The minimum absolute atomic E-state index is 0.0996. The fourth-order valence-electron chi connectivity index (χ4n) is 1.98. The Morgan fingerprint density at radius 2 is 2.20 bits per heavy atom. The minimum Gasteiger partial charge on any atom is -0.385 e. The molecule has 1 atom stereocenters. The van der Waals surface area contributed by atoms with E-state index in [1.54, 1.807) is 7.11 Å². The molecule has 1 aliphatic rings. The highest BCUT2D eigenvalue weighted by Crippen LogP contribution is 2.28. The number of nitrogens with one attached hydrogen (secondary N) is 1. The van der Waals surface area contributed by atoms with Crippen LogP contribution in [0.5, 0.6) is 0 Å². The van der Waals surface area contributed by atoms with Gasteiger partial charge in [-0.1, -0.05) is 0 Å². The molecule has 90 valence electrons. The zero-order valence-electron chi connectivity index (χ0n) is 10.3. The lowest BCUT2D eigenvalue weighted by molar-refractivity contribution is -0.0141. The first kappa shape index (κ1) is 12.9. The largest absolute Gasteiger partial charge is 0.385 e. The van der Waals surface area contributed by atoms with Gasteiger partial charge in [-0.2, -0.15) is 0 Å². The first-order chi connectivity index (χ1) is 7.14. The van der Waals surface area contributed by atoms with Gasteiger partial charge in [-0.25, -0.2) is 0 Å². The normalized spacial score (nSPS) is 24.6. The van der Waals surface area contributed by atoms with E-state index in [1.165, 1.54) is 19.3 Å². The third-order valence-electron chi connectivity index (χ3n) is 2.88. The standard InChI is InChI=1S/C12H25NO2/c1-12(2)7-6-11(15-12)10-13-8-4-5-9-14-3/h11,13H,4-10H2,1-3H3. The maximum atomic E-state index is 5.89. The SMILES string of the molecule is COCCCCNCC1CCC(C)(C)O1. The van der Waals surface area contributed by atoms with Crippen LogP contribution in [0.15, 0.2) is 0 Å². The first-order valence-electron chi connectivity index (χ1n) is 6.01. The van der Waals surface area contributed by atoms with Gasteiger partial charge in [-0.3, -0.25) is 0 Å². The molecule has 0 amide bonds. The predicted molar refractivity (Wildman–Crippen MR) is 62.2 cm³/mol. The molecule has 3 nitrogen and oxygen atoms in total. The summed E-state index contributed by atoms with van der Waals surface area (Å²) in [5.74, 6) is 0. The van der Waals surface area contributed by atoms with Gasteiger partial charge in [0.2, 0.25) is 0 Å². The summed E-state index contributed by atoms with van der Waals surface area (Å²) in [4.78, 5) is 0. The van der Waals surface area contributed by atoms with Crippen molar-refractivity contribution >= 4 is 0 Å². The molecule has 0 aromatic carbocycles. The topological polar surface area (TPSA) is 30.5 Å². The highest BCUT2D eigenvalue weighted by molar-refractivity contribution is 4.81. The van der Waals surface area contributed by atoms with Crippen LogP contribution in [-0.2, 0) is 9.47 Å². The molecule has 1 rings (SSSR count). The summed E-state index contributed by atoms with van der Waals surface area (Å²) >= 11 is 0. The van der Waals surface area contributed by atoms with Crippen LogP contribution >= 0.6 is 0 Å². The van der Waals surface area contributed by atoms with Crippen molar-refractivity contribution in [1.82, 2.24) is 5.32 Å². The Hall–Kier alpha value is -0.120. The molecule has 1 heterocycles. The lowest BCUT2D eigenvalue weighted by atomic mass is 10.1. The summed E-state index contributed by atoms with van der Waals surface area (Å²) in [5.41, 5.74) is 0.0996. The lowest BCUT2D eigenvalue weighted by Gasteiger charge is -2.19. The second kappa shape index (κ2) is 6.46. The maximum Gasteiger partial charge on any atom is 0.0707 e. The highest BCUT2D eigenvalue weighted by atomic mass is 16.5. The highest BCUT2D eigenvalue weighted by Gasteiger charge is 2.30. The van der Waals surface area contributed by atoms with E-state index in [-0.39, 0.29) is 5.60 Å². The molecule has 3 heteroatoms. The van der Waals surface area contributed by atoms with Crippen molar-refractivity contribution in [2.45, 2.75) is 51.2 Å². The molecule has 0 aromatic heterocycles. The van der Waals surface area contributed by atoms with Gasteiger partial charge in [-0.15, -0.1) is 0 Å². The maximum absolute atomic E-state index is 5.89. The third kappa shape index (κ3) is 5.50. The van der Waals surface area contributed by atoms with E-state index in [0.29, 0.717) is 6.10 Å². The Balaban J connectivity index is 1.93. The van der Waals surface area contributed by atoms with E-state index in [2.05, 4.69) is 19.2 Å². The fraction of sp³-hybridized carbons (Fsp3) is 1.00. The summed E-state index contributed by atoms with van der Waals surface area (Å²) < 4.78 is 10.9. The van der Waals surface area contributed by atoms with Crippen molar-refractivity contribution in [3.05, 3.63) is 0 Å². The van der Waals surface area contributed by atoms with E-state index >= 15 is 0 Å². The van der Waals surface area contributed by atoms with E-state index in [4.69, 9.17) is 9.47 Å². The van der Waals surface area contributed by atoms with Gasteiger partial charge >= 0.3 is 0 Å². The zero-order chi connectivity index (χ0) is 11.1. The summed E-state index contributed by atoms with van der Waals surface area (Å²) in [6.07, 6.45) is 5.12. The van der Waals surface area contributed by atoms with E-state index < -0.39 is 0 Å². The number of rotatable bonds is 7. The molecule has 1 fully saturated rings. The Morgan fingerprint density at radius 1 is 1.40 bits per heavy atom. The van der Waals surface area contributed by atoms with Crippen molar-refractivity contribution < 1.29 is 9.47 Å². The summed E-state index contributed by atoms with van der Waals surface area (Å²) in [5, 5.41) is 3.44. The lowest BCUT2D eigenvalue weighted by Crippen LogP contribution is -2.30. The molecule has 0 bridgehead atoms. The van der Waals surface area contributed by atoms with E-state index in [0.717, 1.165) is 26.1 Å². The van der Waals surface area contributed by atoms with Gasteiger partial charge in [0.1, 0.15) is 0 Å². The van der Waals surface area contributed by atoms with Crippen molar-refractivity contribution in [2.24, 2.45) is 0 Å². The van der Waals surface area contributed by atoms with Gasteiger partial charge < -0.3 is 14.8 Å². The number of methoxy groups -OCH3 is 1. The molecule has 1 aliphatic heterocycles. The molecule has 0 aromatic rings. The van der Waals surface area contributed by atoms with Gasteiger partial charge in [0.25, 0.3) is 0 Å². The molecular weight excluding hydrogens is 190 g/mol. The Bertz CT molecular complexity index is 171. The van der Waals surface area contributed by atoms with Crippen LogP contribution in [0.25, 0.3) is 0 Å². The molecule has 0 saturated carbocycles. The molecule has 0 aliphatic carbocycles. The summed E-state index contributed by atoms with van der Waals surface area (Å²) in [6.45, 7) is 7.28. The second-order valence-corrected chi connectivity index (χ2v) is 4.94. The first-order valence-corrected chi connectivity index (χ1v) is 6.01. The monoisotopic (exact) mass is 215 g/mol. The van der Waals surface area contributed by atoms with Crippen molar-refractivity contribution in [1.29, 1.82) is 0 Å². The van der Waals surface area contributed by atoms with Crippen molar-refractivity contribution in [3.8, 4) is 0 Å². The van der Waals surface area contributed by atoms with Crippen molar-refractivity contribution in [3.63, 3.8) is 0 Å². The van der Waals surface area contributed by atoms with Gasteiger partial charge in [0.15, 0.2) is 0 Å².